The summed E-state index contributed by atoms with van der Waals surface area (Å²) >= 11 is 0. The third-order valence-corrected chi connectivity index (χ3v) is 8.53. The Hall–Kier alpha value is -5.25. The molecule has 0 unspecified atom stereocenters. The van der Waals surface area contributed by atoms with Gasteiger partial charge in [0.2, 0.25) is 11.8 Å². The van der Waals surface area contributed by atoms with Gasteiger partial charge in [0.1, 0.15) is 29.7 Å². The van der Waals surface area contributed by atoms with Crippen LogP contribution in [0.5, 0.6) is 0 Å². The van der Waals surface area contributed by atoms with Crippen molar-refractivity contribution in [2.24, 2.45) is 4.99 Å². The van der Waals surface area contributed by atoms with Crippen LogP contribution in [0.15, 0.2) is 90.1 Å². The molecule has 0 bridgehead atoms. The van der Waals surface area contributed by atoms with Crippen molar-refractivity contribution in [3.8, 4) is 0 Å². The van der Waals surface area contributed by atoms with Gasteiger partial charge >= 0.3 is 0 Å². The summed E-state index contributed by atoms with van der Waals surface area (Å²) in [5, 5.41) is 5.73. The molecule has 2 aliphatic heterocycles. The molecule has 0 saturated carbocycles. The SMILES string of the molecule is C[C@@]1(c2cc(F)cc(F)c2)N=C(c2ccccc2)C(=O)N1CC(=O)Nc1ccc2c(c1)C[C@@]1(C2)C(=O)Nc2ncccc21. The van der Waals surface area contributed by atoms with E-state index in [1.807, 2.05) is 24.3 Å². The van der Waals surface area contributed by atoms with E-state index >= 15 is 0 Å². The van der Waals surface area contributed by atoms with Gasteiger partial charge in [-0.2, -0.15) is 0 Å². The fraction of sp³-hybridized carbons (Fsp3) is 0.182. The van der Waals surface area contributed by atoms with E-state index in [0.717, 1.165) is 34.9 Å². The lowest BCUT2D eigenvalue weighted by Gasteiger charge is -2.33. The molecule has 8 nitrogen and oxygen atoms in total. The maximum Gasteiger partial charge on any atom is 0.275 e. The Labute approximate surface area is 245 Å². The smallest absolute Gasteiger partial charge is 0.275 e. The highest BCUT2D eigenvalue weighted by atomic mass is 19.1. The van der Waals surface area contributed by atoms with E-state index in [1.54, 1.807) is 49.5 Å². The molecule has 2 N–H and O–H groups in total. The highest BCUT2D eigenvalue weighted by molar-refractivity contribution is 6.47. The standard InChI is InChI=1S/C33H25F2N5O3/c1-32(22-13-23(34)15-24(35)14-22)39-28(19-6-3-2-4-7-19)30(42)40(32)18-27(41)37-25-10-9-20-16-33(17-21(20)12-25)26-8-5-11-36-29(26)38-31(33)43/h2-15H,16-18H2,1H3,(H,37,41)(H,36,38,43)/t32-,33-/m1/s1. The molecule has 2 atom stereocenters. The third-order valence-electron chi connectivity index (χ3n) is 8.53. The Morgan fingerprint density at radius 1 is 0.953 bits per heavy atom. The van der Waals surface area contributed by atoms with Crippen molar-refractivity contribution < 1.29 is 23.2 Å². The van der Waals surface area contributed by atoms with Crippen LogP contribution in [-0.2, 0) is 38.3 Å². The van der Waals surface area contributed by atoms with E-state index in [0.29, 0.717) is 29.9 Å². The van der Waals surface area contributed by atoms with Crippen LogP contribution in [0.3, 0.4) is 0 Å². The van der Waals surface area contributed by atoms with E-state index in [9.17, 15) is 23.2 Å². The van der Waals surface area contributed by atoms with Crippen LogP contribution in [0.2, 0.25) is 0 Å². The van der Waals surface area contributed by atoms with Crippen molar-refractivity contribution in [3.05, 3.63) is 125 Å². The van der Waals surface area contributed by atoms with Gasteiger partial charge in [-0.15, -0.1) is 0 Å². The number of rotatable bonds is 5. The molecule has 0 fully saturated rings. The Morgan fingerprint density at radius 2 is 1.70 bits per heavy atom. The zero-order valence-corrected chi connectivity index (χ0v) is 23.0. The normalized spacial score (nSPS) is 21.9. The fourth-order valence-electron chi connectivity index (χ4n) is 6.40. The number of pyridine rings is 1. The first kappa shape index (κ1) is 26.6. The summed E-state index contributed by atoms with van der Waals surface area (Å²) in [6.07, 6.45) is 2.62. The Balaban J connectivity index is 1.15. The maximum atomic E-state index is 14.3. The third kappa shape index (κ3) is 4.29. The van der Waals surface area contributed by atoms with Crippen molar-refractivity contribution in [1.82, 2.24) is 9.88 Å². The zero-order chi connectivity index (χ0) is 29.9. The number of fused-ring (bicyclic) bond motifs is 3. The number of anilines is 2. The second-order valence-electron chi connectivity index (χ2n) is 11.2. The van der Waals surface area contributed by atoms with Crippen LogP contribution < -0.4 is 10.6 Å². The van der Waals surface area contributed by atoms with Gasteiger partial charge in [-0.3, -0.25) is 19.3 Å². The fourth-order valence-corrected chi connectivity index (χ4v) is 6.40. The minimum atomic E-state index is -1.54. The molecule has 43 heavy (non-hydrogen) atoms. The molecule has 10 heteroatoms. The maximum absolute atomic E-state index is 14.3. The van der Waals surface area contributed by atoms with Gasteiger partial charge in [-0.1, -0.05) is 42.5 Å². The number of amides is 3. The van der Waals surface area contributed by atoms with Gasteiger partial charge in [0.25, 0.3) is 5.91 Å². The lowest BCUT2D eigenvalue weighted by molar-refractivity contribution is -0.132. The van der Waals surface area contributed by atoms with Gasteiger partial charge in [-0.05, 0) is 61.2 Å². The number of benzene rings is 3. The summed E-state index contributed by atoms with van der Waals surface area (Å²) in [6.45, 7) is 1.13. The molecular formula is C33H25F2N5O3. The van der Waals surface area contributed by atoms with E-state index in [2.05, 4.69) is 20.6 Å². The van der Waals surface area contributed by atoms with Crippen molar-refractivity contribution >= 4 is 34.9 Å². The van der Waals surface area contributed by atoms with Crippen molar-refractivity contribution in [2.45, 2.75) is 30.8 Å². The number of nitrogens with one attached hydrogen (secondary N) is 2. The molecule has 4 aromatic rings. The predicted molar refractivity (Wildman–Crippen MR) is 155 cm³/mol. The lowest BCUT2D eigenvalue weighted by atomic mass is 9.79. The van der Waals surface area contributed by atoms with Crippen molar-refractivity contribution in [2.75, 3.05) is 17.2 Å². The largest absolute Gasteiger partial charge is 0.325 e. The first-order valence-electron chi connectivity index (χ1n) is 13.8. The molecule has 3 heterocycles. The minimum Gasteiger partial charge on any atom is -0.325 e. The van der Waals surface area contributed by atoms with Crippen molar-refractivity contribution in [3.63, 3.8) is 0 Å². The van der Waals surface area contributed by atoms with Gasteiger partial charge in [0.15, 0.2) is 5.66 Å². The first-order chi connectivity index (χ1) is 20.7. The number of hydrogen-bond acceptors (Lipinski definition) is 5. The number of nitrogens with zero attached hydrogens (tertiary/aromatic N) is 3. The molecule has 1 aromatic heterocycles. The summed E-state index contributed by atoms with van der Waals surface area (Å²) < 4.78 is 28.5. The number of halogens is 2. The lowest BCUT2D eigenvalue weighted by Crippen LogP contribution is -2.47. The summed E-state index contributed by atoms with van der Waals surface area (Å²) in [5.41, 5.74) is 1.72. The van der Waals surface area contributed by atoms with E-state index in [-0.39, 0.29) is 17.2 Å². The molecule has 3 aliphatic rings. The minimum absolute atomic E-state index is 0.0907. The van der Waals surface area contributed by atoms with Gasteiger partial charge in [0, 0.05) is 34.6 Å². The molecule has 0 radical (unpaired) electrons. The van der Waals surface area contributed by atoms with Crippen molar-refractivity contribution in [1.29, 1.82) is 0 Å². The average Bonchev–Trinajstić information content (AvgIpc) is 3.59. The molecule has 1 spiro atoms. The summed E-state index contributed by atoms with van der Waals surface area (Å²) in [4.78, 5) is 50.2. The molecule has 7 rings (SSSR count). The van der Waals surface area contributed by atoms with Gasteiger partial charge < -0.3 is 10.6 Å². The van der Waals surface area contributed by atoms with E-state index in [1.165, 1.54) is 4.90 Å². The highest BCUT2D eigenvalue weighted by Crippen LogP contribution is 2.47. The van der Waals surface area contributed by atoms with E-state index in [4.69, 9.17) is 0 Å². The molecule has 1 aliphatic carbocycles. The molecule has 3 amide bonds. The zero-order valence-electron chi connectivity index (χ0n) is 23.0. The quantitative estimate of drug-likeness (QED) is 0.365. The molecule has 3 aromatic carbocycles. The number of aromatic nitrogens is 1. The second kappa shape index (κ2) is 9.65. The topological polar surface area (TPSA) is 104 Å². The summed E-state index contributed by atoms with van der Waals surface area (Å²) in [7, 11) is 0. The van der Waals surface area contributed by atoms with Crippen LogP contribution in [-0.4, -0.2) is 39.9 Å². The van der Waals surface area contributed by atoms with Gasteiger partial charge in [0.05, 0.1) is 5.41 Å². The van der Waals surface area contributed by atoms with Gasteiger partial charge in [-0.25, -0.2) is 18.8 Å². The van der Waals surface area contributed by atoms with Crippen LogP contribution in [0.25, 0.3) is 0 Å². The summed E-state index contributed by atoms with van der Waals surface area (Å²) in [6, 6.07) is 20.9. The Morgan fingerprint density at radius 3 is 2.47 bits per heavy atom. The number of aliphatic imine (C=N–C) groups is 1. The highest BCUT2D eigenvalue weighted by Gasteiger charge is 2.51. The molecular weight excluding hydrogens is 552 g/mol. The monoisotopic (exact) mass is 577 g/mol. The number of hydrogen-bond donors (Lipinski definition) is 2. The van der Waals surface area contributed by atoms with Crippen LogP contribution in [0.4, 0.5) is 20.3 Å². The van der Waals surface area contributed by atoms with Crippen LogP contribution in [0.1, 0.15) is 34.7 Å². The second-order valence-corrected chi connectivity index (χ2v) is 11.2. The van der Waals surface area contributed by atoms with E-state index < -0.39 is 41.1 Å². The summed E-state index contributed by atoms with van der Waals surface area (Å²) in [5.74, 6) is -2.21. The van der Waals surface area contributed by atoms with Crippen LogP contribution in [0, 0.1) is 11.6 Å². The molecule has 214 valence electrons. The number of carbonyl (C=O) groups is 3. The average molecular weight is 578 g/mol. The van der Waals surface area contributed by atoms with Crippen LogP contribution >= 0.6 is 0 Å². The Kier molecular flexibility index (Phi) is 5.98. The Bertz CT molecular complexity index is 1860. The molecule has 0 saturated heterocycles. The first-order valence-corrected chi connectivity index (χ1v) is 13.8. The number of carbonyl (C=O) groups excluding carboxylic acids is 3. The predicted octanol–water partition coefficient (Wildman–Crippen LogP) is 4.49.